The fraction of sp³-hybridized carbons (Fsp3) is 0.333. The number of nitrogens with zero attached hydrogens (tertiary/aromatic N) is 7. The molecule has 10 heteroatoms. The Balaban J connectivity index is 1.24. The van der Waals surface area contributed by atoms with Gasteiger partial charge in [-0.1, -0.05) is 0 Å². The summed E-state index contributed by atoms with van der Waals surface area (Å²) in [5.74, 6) is 1.92. The Bertz CT molecular complexity index is 1260. The molecule has 0 radical (unpaired) electrons. The van der Waals surface area contributed by atoms with Crippen molar-refractivity contribution in [2.75, 3.05) is 10.6 Å². The van der Waals surface area contributed by atoms with Gasteiger partial charge in [0.25, 0.3) is 0 Å². The first-order valence-electron chi connectivity index (χ1n) is 10.5. The minimum absolute atomic E-state index is 0.0259. The topological polar surface area (TPSA) is 115 Å². The van der Waals surface area contributed by atoms with Crippen LogP contribution in [-0.2, 0) is 11.3 Å². The van der Waals surface area contributed by atoms with Gasteiger partial charge in [-0.25, -0.2) is 15.0 Å². The van der Waals surface area contributed by atoms with Gasteiger partial charge >= 0.3 is 0 Å². The second-order valence-corrected chi connectivity index (χ2v) is 8.17. The second-order valence-electron chi connectivity index (χ2n) is 8.17. The molecule has 4 heterocycles. The highest BCUT2D eigenvalue weighted by atomic mass is 16.2. The molecule has 0 aliphatic heterocycles. The number of hydrogen-bond acceptors (Lipinski definition) is 7. The number of carbonyl (C=O) groups excluding carboxylic acids is 1. The van der Waals surface area contributed by atoms with Gasteiger partial charge in [0.2, 0.25) is 5.91 Å². The highest BCUT2D eigenvalue weighted by molar-refractivity contribution is 5.93. The lowest BCUT2D eigenvalue weighted by molar-refractivity contribution is -0.117. The Labute approximate surface area is 177 Å². The van der Waals surface area contributed by atoms with E-state index in [2.05, 4.69) is 47.5 Å². The Morgan fingerprint density at radius 2 is 1.84 bits per heavy atom. The summed E-state index contributed by atoms with van der Waals surface area (Å²) in [5, 5.41) is 14.0. The second kappa shape index (κ2) is 7.15. The van der Waals surface area contributed by atoms with Gasteiger partial charge in [-0.2, -0.15) is 0 Å². The molecule has 4 aromatic rings. The summed E-state index contributed by atoms with van der Waals surface area (Å²) in [6, 6.07) is 3.92. The van der Waals surface area contributed by atoms with Crippen LogP contribution in [0.3, 0.4) is 0 Å². The molecule has 2 fully saturated rings. The van der Waals surface area contributed by atoms with Crippen LogP contribution in [0.1, 0.15) is 42.9 Å². The van der Waals surface area contributed by atoms with Crippen LogP contribution in [0.25, 0.3) is 11.3 Å². The van der Waals surface area contributed by atoms with Crippen LogP contribution in [-0.4, -0.2) is 40.0 Å². The highest BCUT2D eigenvalue weighted by Crippen LogP contribution is 2.41. The summed E-state index contributed by atoms with van der Waals surface area (Å²) in [6.07, 6.45) is 13.4. The summed E-state index contributed by atoms with van der Waals surface area (Å²) >= 11 is 0. The van der Waals surface area contributed by atoms with Crippen LogP contribution in [0.4, 0.5) is 11.6 Å². The first-order chi connectivity index (χ1) is 15.2. The molecule has 0 saturated heterocycles. The molecular weight excluding hydrogens is 394 g/mol. The summed E-state index contributed by atoms with van der Waals surface area (Å²) in [6.45, 7) is 0.495. The summed E-state index contributed by atoms with van der Waals surface area (Å²) in [4.78, 5) is 25.2. The first-order valence-corrected chi connectivity index (χ1v) is 10.5. The molecular formula is C21H21N9O. The third-order valence-electron chi connectivity index (χ3n) is 5.67. The van der Waals surface area contributed by atoms with Crippen molar-refractivity contribution in [3.05, 3.63) is 54.8 Å². The van der Waals surface area contributed by atoms with Crippen molar-refractivity contribution in [2.45, 2.75) is 38.1 Å². The smallest absolute Gasteiger partial charge is 0.228 e. The molecule has 0 spiro atoms. The van der Waals surface area contributed by atoms with E-state index in [0.717, 1.165) is 29.9 Å². The van der Waals surface area contributed by atoms with E-state index >= 15 is 0 Å². The molecule has 0 atom stereocenters. The average molecular weight is 415 g/mol. The van der Waals surface area contributed by atoms with E-state index in [-0.39, 0.29) is 11.8 Å². The lowest BCUT2D eigenvalue weighted by atomic mass is 10.2. The summed E-state index contributed by atoms with van der Waals surface area (Å²) in [5.41, 5.74) is 4.00. The number of fused-ring (bicyclic) bond motifs is 1. The van der Waals surface area contributed by atoms with Gasteiger partial charge in [0.15, 0.2) is 5.65 Å². The van der Waals surface area contributed by atoms with Gasteiger partial charge in [-0.3, -0.25) is 9.36 Å². The quantitative estimate of drug-likeness (QED) is 0.477. The van der Waals surface area contributed by atoms with Crippen LogP contribution in [0.2, 0.25) is 0 Å². The van der Waals surface area contributed by atoms with E-state index in [9.17, 15) is 4.79 Å². The van der Waals surface area contributed by atoms with Crippen LogP contribution in [0, 0.1) is 5.92 Å². The number of carbonyl (C=O) groups is 1. The third kappa shape index (κ3) is 3.72. The number of rotatable bonds is 7. The average Bonchev–Trinajstić information content (AvgIpc) is 3.71. The van der Waals surface area contributed by atoms with Crippen molar-refractivity contribution in [2.24, 2.45) is 5.92 Å². The van der Waals surface area contributed by atoms with E-state index in [0.29, 0.717) is 24.1 Å². The van der Waals surface area contributed by atoms with E-state index in [1.807, 2.05) is 10.8 Å². The fourth-order valence-electron chi connectivity index (χ4n) is 3.67. The molecule has 2 N–H and O–H groups in total. The van der Waals surface area contributed by atoms with E-state index < -0.39 is 0 Å². The number of imidazole rings is 1. The molecule has 0 aromatic carbocycles. The molecule has 2 aliphatic carbocycles. The molecule has 2 saturated carbocycles. The van der Waals surface area contributed by atoms with Gasteiger partial charge in [-0.05, 0) is 43.2 Å². The largest absolute Gasteiger partial charge is 0.364 e. The van der Waals surface area contributed by atoms with Gasteiger partial charge in [-0.15, -0.1) is 10.2 Å². The van der Waals surface area contributed by atoms with Crippen molar-refractivity contribution in [3.63, 3.8) is 0 Å². The molecule has 0 unspecified atom stereocenters. The first kappa shape index (κ1) is 18.0. The van der Waals surface area contributed by atoms with Crippen LogP contribution in [0.5, 0.6) is 0 Å². The molecule has 4 aromatic heterocycles. The molecule has 31 heavy (non-hydrogen) atoms. The molecule has 0 bridgehead atoms. The van der Waals surface area contributed by atoms with Crippen molar-refractivity contribution in [3.8, 4) is 5.69 Å². The SMILES string of the molecule is O=C(Nc1cc(NCc2cn3cc(C4CC4)cc(-n4cnnc4)c3n2)ncn1)C1CC1. The normalized spacial score (nSPS) is 15.9. The van der Waals surface area contributed by atoms with Crippen LogP contribution >= 0.6 is 0 Å². The van der Waals surface area contributed by atoms with Gasteiger partial charge in [0.1, 0.15) is 30.6 Å². The number of aromatic nitrogens is 7. The zero-order valence-electron chi connectivity index (χ0n) is 16.8. The fourth-order valence-corrected chi connectivity index (χ4v) is 3.67. The standard InChI is InChI=1S/C21H21N9O/c31-21(14-3-4-14)28-19-6-18(23-10-24-19)22-7-16-9-29-8-15(13-1-2-13)5-17(20(29)27-16)30-11-25-26-12-30/h5-6,8-14H,1-4,7H2,(H2,22,23,24,28,31). The van der Waals surface area contributed by atoms with Gasteiger partial charge in [0, 0.05) is 24.4 Å². The van der Waals surface area contributed by atoms with E-state index in [1.54, 1.807) is 18.7 Å². The predicted octanol–water partition coefficient (Wildman–Crippen LogP) is 2.54. The maximum absolute atomic E-state index is 12.0. The highest BCUT2D eigenvalue weighted by Gasteiger charge is 2.30. The van der Waals surface area contributed by atoms with Crippen LogP contribution in [0.15, 0.2) is 43.5 Å². The zero-order valence-corrected chi connectivity index (χ0v) is 16.8. The van der Waals surface area contributed by atoms with Gasteiger partial charge < -0.3 is 15.0 Å². The Kier molecular flexibility index (Phi) is 4.15. The minimum Gasteiger partial charge on any atom is -0.364 e. The van der Waals surface area contributed by atoms with E-state index in [4.69, 9.17) is 4.98 Å². The number of nitrogens with one attached hydrogen (secondary N) is 2. The van der Waals surface area contributed by atoms with Crippen molar-refractivity contribution >= 4 is 23.2 Å². The Hall–Kier alpha value is -3.82. The zero-order chi connectivity index (χ0) is 20.8. The number of pyridine rings is 1. The van der Waals surface area contributed by atoms with Crippen LogP contribution < -0.4 is 10.6 Å². The van der Waals surface area contributed by atoms with Crippen molar-refractivity contribution in [1.82, 2.24) is 34.1 Å². The Morgan fingerprint density at radius 3 is 2.61 bits per heavy atom. The molecule has 2 aliphatic rings. The molecule has 1 amide bonds. The number of amides is 1. The molecule has 10 nitrogen and oxygen atoms in total. The number of anilines is 2. The lowest BCUT2D eigenvalue weighted by Crippen LogP contribution is -2.14. The van der Waals surface area contributed by atoms with E-state index in [1.165, 1.54) is 24.7 Å². The lowest BCUT2D eigenvalue weighted by Gasteiger charge is -2.07. The van der Waals surface area contributed by atoms with Crippen molar-refractivity contribution < 1.29 is 4.79 Å². The van der Waals surface area contributed by atoms with Crippen molar-refractivity contribution in [1.29, 1.82) is 0 Å². The summed E-state index contributed by atoms with van der Waals surface area (Å²) < 4.78 is 3.96. The maximum atomic E-state index is 12.0. The maximum Gasteiger partial charge on any atom is 0.228 e. The molecule has 6 rings (SSSR count). The Morgan fingerprint density at radius 1 is 1.03 bits per heavy atom. The monoisotopic (exact) mass is 415 g/mol. The molecule has 156 valence electrons. The predicted molar refractivity (Wildman–Crippen MR) is 113 cm³/mol. The minimum atomic E-state index is 0.0259. The third-order valence-corrected chi connectivity index (χ3v) is 5.67. The van der Waals surface area contributed by atoms with Gasteiger partial charge in [0.05, 0.1) is 17.9 Å². The summed E-state index contributed by atoms with van der Waals surface area (Å²) in [7, 11) is 0. The number of hydrogen-bond donors (Lipinski definition) is 2.